The fourth-order valence-electron chi connectivity index (χ4n) is 2.42. The molecule has 104 valence electrons. The molecule has 2 aromatic heterocycles. The van der Waals surface area contributed by atoms with Crippen molar-refractivity contribution in [2.75, 3.05) is 12.8 Å². The van der Waals surface area contributed by atoms with E-state index >= 15 is 0 Å². The zero-order valence-corrected chi connectivity index (χ0v) is 13.2. The second-order valence-corrected chi connectivity index (χ2v) is 6.78. The number of nitrogens with zero attached hydrogens (tertiary/aromatic N) is 1. The number of benzene rings is 1. The average Bonchev–Trinajstić information content (AvgIpc) is 2.99. The Morgan fingerprint density at radius 3 is 2.75 bits per heavy atom. The van der Waals surface area contributed by atoms with E-state index in [1.165, 1.54) is 15.1 Å². The van der Waals surface area contributed by atoms with Gasteiger partial charge in [-0.2, -0.15) is 0 Å². The van der Waals surface area contributed by atoms with E-state index in [9.17, 15) is 0 Å². The van der Waals surface area contributed by atoms with Crippen molar-refractivity contribution < 1.29 is 0 Å². The van der Waals surface area contributed by atoms with Gasteiger partial charge in [0.15, 0.2) is 0 Å². The lowest BCUT2D eigenvalue weighted by Gasteiger charge is -2.02. The number of rotatable bonds is 4. The maximum Gasteiger partial charge on any atom is 0.127 e. The molecule has 0 atom stereocenters. The van der Waals surface area contributed by atoms with Crippen molar-refractivity contribution in [3.63, 3.8) is 0 Å². The average molecular weight is 303 g/mol. The van der Waals surface area contributed by atoms with E-state index < -0.39 is 0 Å². The van der Waals surface area contributed by atoms with Crippen molar-refractivity contribution in [1.82, 2.24) is 10.3 Å². The Morgan fingerprint density at radius 1 is 1.25 bits per heavy atom. The molecular formula is C15H17N3S2. The number of thiophene rings is 1. The Kier molecular flexibility index (Phi) is 3.74. The molecule has 0 fully saturated rings. The molecule has 0 radical (unpaired) electrons. The number of hydrogen-bond donors (Lipinski definition) is 2. The van der Waals surface area contributed by atoms with Crippen LogP contribution >= 0.6 is 22.7 Å². The lowest BCUT2D eigenvalue weighted by molar-refractivity contribution is 0.821. The molecule has 0 aliphatic carbocycles. The fraction of sp³-hybridized carbons (Fsp3) is 0.267. The molecule has 3 nitrogen and oxygen atoms in total. The molecule has 0 amide bonds. The highest BCUT2D eigenvalue weighted by atomic mass is 32.1. The van der Waals surface area contributed by atoms with Crippen molar-refractivity contribution >= 4 is 37.9 Å². The van der Waals surface area contributed by atoms with Gasteiger partial charge in [-0.25, -0.2) is 4.98 Å². The highest BCUT2D eigenvalue weighted by molar-refractivity contribution is 7.22. The van der Waals surface area contributed by atoms with E-state index in [0.717, 1.165) is 34.1 Å². The van der Waals surface area contributed by atoms with Crippen molar-refractivity contribution in [2.45, 2.75) is 19.9 Å². The molecular weight excluding hydrogens is 286 g/mol. The topological polar surface area (TPSA) is 50.9 Å². The summed E-state index contributed by atoms with van der Waals surface area (Å²) in [7, 11) is 1.96. The maximum atomic E-state index is 6.26. The minimum Gasteiger partial charge on any atom is -0.390 e. The van der Waals surface area contributed by atoms with Gasteiger partial charge in [-0.15, -0.1) is 22.7 Å². The molecule has 0 saturated heterocycles. The van der Waals surface area contributed by atoms with Crippen molar-refractivity contribution in [1.29, 1.82) is 0 Å². The van der Waals surface area contributed by atoms with Crippen molar-refractivity contribution in [3.05, 3.63) is 34.7 Å². The minimum atomic E-state index is 0.864. The van der Waals surface area contributed by atoms with Crippen LogP contribution in [-0.2, 0) is 13.0 Å². The van der Waals surface area contributed by atoms with Gasteiger partial charge >= 0.3 is 0 Å². The van der Waals surface area contributed by atoms with Gasteiger partial charge in [-0.3, -0.25) is 0 Å². The molecule has 20 heavy (non-hydrogen) atoms. The first-order valence-electron chi connectivity index (χ1n) is 6.65. The summed E-state index contributed by atoms with van der Waals surface area (Å²) in [5.74, 6) is 0. The fourth-order valence-corrected chi connectivity index (χ4v) is 4.71. The van der Waals surface area contributed by atoms with Crippen molar-refractivity contribution in [2.24, 2.45) is 0 Å². The van der Waals surface area contributed by atoms with Crippen LogP contribution in [-0.4, -0.2) is 12.0 Å². The van der Waals surface area contributed by atoms with Crippen LogP contribution in [0, 0.1) is 0 Å². The third-order valence-electron chi connectivity index (χ3n) is 3.32. The Labute approximate surface area is 126 Å². The lowest BCUT2D eigenvalue weighted by Crippen LogP contribution is -2.05. The van der Waals surface area contributed by atoms with Crippen LogP contribution in [0.1, 0.15) is 17.4 Å². The zero-order valence-electron chi connectivity index (χ0n) is 11.6. The molecule has 3 rings (SSSR count). The number of nitrogen functional groups attached to an aromatic ring is 1. The van der Waals surface area contributed by atoms with Gasteiger partial charge in [0.1, 0.15) is 5.01 Å². The summed E-state index contributed by atoms with van der Waals surface area (Å²) in [6.45, 7) is 3.04. The second kappa shape index (κ2) is 5.52. The molecule has 0 spiro atoms. The summed E-state index contributed by atoms with van der Waals surface area (Å²) in [5.41, 5.74) is 9.79. The van der Waals surface area contributed by atoms with Gasteiger partial charge < -0.3 is 11.1 Å². The summed E-state index contributed by atoms with van der Waals surface area (Å²) in [5, 5.41) is 5.14. The van der Waals surface area contributed by atoms with Crippen LogP contribution in [0.3, 0.4) is 0 Å². The number of fused-ring (bicyclic) bond motifs is 1. The molecule has 0 bridgehead atoms. The molecule has 0 unspecified atom stereocenters. The summed E-state index contributed by atoms with van der Waals surface area (Å²) in [6, 6.07) is 8.24. The number of anilines is 1. The highest BCUT2D eigenvalue weighted by Crippen LogP contribution is 2.42. The smallest absolute Gasteiger partial charge is 0.127 e. The van der Waals surface area contributed by atoms with Crippen LogP contribution in [0.25, 0.3) is 20.8 Å². The largest absolute Gasteiger partial charge is 0.390 e. The van der Waals surface area contributed by atoms with E-state index in [0.29, 0.717) is 0 Å². The highest BCUT2D eigenvalue weighted by Gasteiger charge is 2.19. The number of hydrogen-bond acceptors (Lipinski definition) is 5. The molecule has 1 aromatic carbocycles. The molecule has 2 heterocycles. The van der Waals surface area contributed by atoms with Gasteiger partial charge in [0.25, 0.3) is 0 Å². The number of para-hydroxylation sites is 1. The van der Waals surface area contributed by atoms with Gasteiger partial charge in [-0.1, -0.05) is 19.1 Å². The monoisotopic (exact) mass is 303 g/mol. The summed E-state index contributed by atoms with van der Waals surface area (Å²) in [4.78, 5) is 6.07. The zero-order chi connectivity index (χ0) is 14.1. The minimum absolute atomic E-state index is 0.864. The van der Waals surface area contributed by atoms with Crippen molar-refractivity contribution in [3.8, 4) is 10.6 Å². The van der Waals surface area contributed by atoms with E-state index in [-0.39, 0.29) is 0 Å². The molecule has 3 aromatic rings. The summed E-state index contributed by atoms with van der Waals surface area (Å²) < 4.78 is 1.21. The Morgan fingerprint density at radius 2 is 2.05 bits per heavy atom. The van der Waals surface area contributed by atoms with Crippen LogP contribution < -0.4 is 11.1 Å². The third-order valence-corrected chi connectivity index (χ3v) is 5.43. The van der Waals surface area contributed by atoms with Gasteiger partial charge in [-0.05, 0) is 31.2 Å². The van der Waals surface area contributed by atoms with Gasteiger partial charge in [0, 0.05) is 17.0 Å². The van der Waals surface area contributed by atoms with Crippen LogP contribution in [0.5, 0.6) is 0 Å². The lowest BCUT2D eigenvalue weighted by atomic mass is 10.1. The third kappa shape index (κ3) is 2.22. The maximum absolute atomic E-state index is 6.26. The predicted octanol–water partition coefficient (Wildman–Crippen LogP) is 3.89. The molecule has 5 heteroatoms. The first-order valence-corrected chi connectivity index (χ1v) is 8.28. The first kappa shape index (κ1) is 13.5. The van der Waals surface area contributed by atoms with Crippen LogP contribution in [0.2, 0.25) is 0 Å². The SMILES string of the molecule is CCc1c(CNC)sc(N)c1-c1nc2ccccc2s1. The summed E-state index contributed by atoms with van der Waals surface area (Å²) in [6.07, 6.45) is 0.982. The normalized spacial score (nSPS) is 11.3. The molecule has 0 saturated carbocycles. The van der Waals surface area contributed by atoms with Crippen LogP contribution in [0.15, 0.2) is 24.3 Å². The van der Waals surface area contributed by atoms with E-state index in [1.807, 2.05) is 13.1 Å². The van der Waals surface area contributed by atoms with Gasteiger partial charge in [0.2, 0.25) is 0 Å². The predicted molar refractivity (Wildman–Crippen MR) is 89.5 cm³/mol. The molecule has 0 aliphatic rings. The van der Waals surface area contributed by atoms with Crippen LogP contribution in [0.4, 0.5) is 5.00 Å². The number of nitrogens with two attached hydrogens (primary N) is 1. The Hall–Kier alpha value is -1.43. The Balaban J connectivity index is 2.17. The van der Waals surface area contributed by atoms with E-state index in [2.05, 4.69) is 30.4 Å². The molecule has 3 N–H and O–H groups in total. The number of aromatic nitrogens is 1. The van der Waals surface area contributed by atoms with E-state index in [4.69, 9.17) is 10.7 Å². The standard InChI is InChI=1S/C15H17N3S2/c1-3-9-12(8-17-2)19-14(16)13(9)15-18-10-6-4-5-7-11(10)20-15/h4-7,17H,3,8,16H2,1-2H3. The second-order valence-electron chi connectivity index (χ2n) is 4.61. The first-order chi connectivity index (χ1) is 9.74. The van der Waals surface area contributed by atoms with E-state index in [1.54, 1.807) is 22.7 Å². The van der Waals surface area contributed by atoms with Gasteiger partial charge in [0.05, 0.1) is 15.2 Å². The Bertz CT molecular complexity index is 710. The summed E-state index contributed by atoms with van der Waals surface area (Å²) >= 11 is 3.40. The molecule has 0 aliphatic heterocycles. The quantitative estimate of drug-likeness (QED) is 0.769. The number of thiazole rings is 1. The number of nitrogens with one attached hydrogen (secondary N) is 1.